The molecule has 0 unspecified atom stereocenters. The monoisotopic (exact) mass is 365 g/mol. The molecule has 3 aromatic rings. The third-order valence-corrected chi connectivity index (χ3v) is 4.14. The van der Waals surface area contributed by atoms with Crippen LogP contribution in [0.4, 0.5) is 5.69 Å². The van der Waals surface area contributed by atoms with E-state index in [4.69, 9.17) is 14.2 Å². The second-order valence-electron chi connectivity index (χ2n) is 5.69. The van der Waals surface area contributed by atoms with Gasteiger partial charge in [-0.25, -0.2) is 4.79 Å². The molecule has 2 aromatic heterocycles. The molecule has 4 rings (SSSR count). The van der Waals surface area contributed by atoms with Gasteiger partial charge in [0.15, 0.2) is 11.5 Å². The molecule has 0 N–H and O–H groups in total. The van der Waals surface area contributed by atoms with Crippen molar-refractivity contribution in [2.75, 3.05) is 6.79 Å². The number of esters is 1. The molecule has 0 saturated carbocycles. The van der Waals surface area contributed by atoms with Crippen molar-refractivity contribution in [2.45, 2.75) is 6.61 Å². The van der Waals surface area contributed by atoms with Gasteiger partial charge in [-0.05, 0) is 12.1 Å². The van der Waals surface area contributed by atoms with Crippen molar-refractivity contribution in [1.29, 1.82) is 5.26 Å². The predicted molar refractivity (Wildman–Crippen MR) is 90.5 cm³/mol. The fourth-order valence-electron chi connectivity index (χ4n) is 2.88. The number of nitro groups is 1. The van der Waals surface area contributed by atoms with Gasteiger partial charge in [-0.3, -0.25) is 10.1 Å². The summed E-state index contributed by atoms with van der Waals surface area (Å²) in [7, 11) is 0. The fraction of sp³-hybridized carbons (Fsp3) is 0.111. The Morgan fingerprint density at radius 2 is 2.11 bits per heavy atom. The van der Waals surface area contributed by atoms with Crippen LogP contribution in [0.15, 0.2) is 42.7 Å². The summed E-state index contributed by atoms with van der Waals surface area (Å²) in [6, 6.07) is 9.82. The van der Waals surface area contributed by atoms with Crippen molar-refractivity contribution in [2.24, 2.45) is 0 Å². The zero-order chi connectivity index (χ0) is 19.0. The second-order valence-corrected chi connectivity index (χ2v) is 5.69. The molecule has 1 aliphatic heterocycles. The van der Waals surface area contributed by atoms with Gasteiger partial charge in [0.25, 0.3) is 5.69 Å². The van der Waals surface area contributed by atoms with E-state index in [1.807, 2.05) is 0 Å². The van der Waals surface area contributed by atoms with Crippen molar-refractivity contribution in [3.05, 3.63) is 69.5 Å². The van der Waals surface area contributed by atoms with Gasteiger partial charge < -0.3 is 18.6 Å². The largest absolute Gasteiger partial charge is 0.457 e. The van der Waals surface area contributed by atoms with Crippen LogP contribution >= 0.6 is 0 Å². The van der Waals surface area contributed by atoms with Crippen molar-refractivity contribution in [1.82, 2.24) is 4.40 Å². The summed E-state index contributed by atoms with van der Waals surface area (Å²) < 4.78 is 17.2. The number of hydrogen-bond acceptors (Lipinski definition) is 7. The summed E-state index contributed by atoms with van der Waals surface area (Å²) in [4.78, 5) is 23.0. The smallest absolute Gasteiger partial charge is 0.345 e. The Bertz CT molecular complexity index is 1130. The minimum atomic E-state index is -0.890. The number of nitro benzene ring substituents is 1. The Morgan fingerprint density at radius 1 is 1.33 bits per heavy atom. The third-order valence-electron chi connectivity index (χ3n) is 4.14. The van der Waals surface area contributed by atoms with Crippen molar-refractivity contribution < 1.29 is 23.9 Å². The van der Waals surface area contributed by atoms with Crippen molar-refractivity contribution >= 4 is 17.2 Å². The predicted octanol–water partition coefficient (Wildman–Crippen LogP) is 2.80. The summed E-state index contributed by atoms with van der Waals surface area (Å²) in [5, 5.41) is 20.7. The van der Waals surface area contributed by atoms with Crippen LogP contribution in [-0.2, 0) is 11.3 Å². The van der Waals surface area contributed by atoms with Crippen LogP contribution in [0.1, 0.15) is 21.5 Å². The molecule has 1 aliphatic rings. The summed E-state index contributed by atoms with van der Waals surface area (Å²) in [5.41, 5.74) is 0.877. The van der Waals surface area contributed by atoms with E-state index in [1.54, 1.807) is 35.0 Å². The van der Waals surface area contributed by atoms with Gasteiger partial charge in [0.2, 0.25) is 6.79 Å². The number of fused-ring (bicyclic) bond motifs is 2. The molecule has 0 atom stereocenters. The fourth-order valence-corrected chi connectivity index (χ4v) is 2.88. The number of ether oxygens (including phenoxy) is 3. The maximum Gasteiger partial charge on any atom is 0.345 e. The van der Waals surface area contributed by atoms with E-state index in [0.29, 0.717) is 16.6 Å². The lowest BCUT2D eigenvalue weighted by Gasteiger charge is -2.06. The van der Waals surface area contributed by atoms with Crippen LogP contribution in [0.3, 0.4) is 0 Å². The number of rotatable bonds is 4. The van der Waals surface area contributed by atoms with Crippen LogP contribution in [0.2, 0.25) is 0 Å². The van der Waals surface area contributed by atoms with Gasteiger partial charge >= 0.3 is 5.97 Å². The van der Waals surface area contributed by atoms with Crippen molar-refractivity contribution in [3.63, 3.8) is 0 Å². The standard InChI is InChI=1S/C18H11N3O6/c19-7-13-11(8-20-4-2-1-3-14(13)20)9-25-18(22)12-5-16-17(27-10-26-16)6-15(12)21(23)24/h1-6,8H,9-10H2. The average Bonchev–Trinajstić information content (AvgIpc) is 3.27. The first-order valence-electron chi connectivity index (χ1n) is 7.82. The molecule has 0 bridgehead atoms. The average molecular weight is 365 g/mol. The molecule has 0 radical (unpaired) electrons. The van der Waals surface area contributed by atoms with Crippen LogP contribution in [-0.4, -0.2) is 22.1 Å². The quantitative estimate of drug-likeness (QED) is 0.396. The zero-order valence-electron chi connectivity index (χ0n) is 13.7. The molecule has 9 heteroatoms. The van der Waals surface area contributed by atoms with Gasteiger partial charge in [0.05, 0.1) is 22.1 Å². The molecule has 0 spiro atoms. The molecule has 3 heterocycles. The molecule has 27 heavy (non-hydrogen) atoms. The Hall–Kier alpha value is -4.06. The van der Waals surface area contributed by atoms with E-state index < -0.39 is 16.6 Å². The van der Waals surface area contributed by atoms with E-state index in [0.717, 1.165) is 6.07 Å². The van der Waals surface area contributed by atoms with Gasteiger partial charge in [-0.2, -0.15) is 5.26 Å². The Labute approximate surface area is 152 Å². The minimum absolute atomic E-state index is 0.0755. The van der Waals surface area contributed by atoms with Gasteiger partial charge in [0, 0.05) is 24.0 Å². The lowest BCUT2D eigenvalue weighted by Crippen LogP contribution is -2.08. The summed E-state index contributed by atoms with van der Waals surface area (Å²) in [6.07, 6.45) is 3.44. The summed E-state index contributed by atoms with van der Waals surface area (Å²) >= 11 is 0. The van der Waals surface area contributed by atoms with E-state index in [-0.39, 0.29) is 30.5 Å². The van der Waals surface area contributed by atoms with Crippen LogP contribution < -0.4 is 9.47 Å². The molecule has 134 valence electrons. The minimum Gasteiger partial charge on any atom is -0.457 e. The van der Waals surface area contributed by atoms with Crippen molar-refractivity contribution in [3.8, 4) is 17.6 Å². The second kappa shape index (κ2) is 6.34. The Morgan fingerprint density at radius 3 is 2.85 bits per heavy atom. The molecular weight excluding hydrogens is 354 g/mol. The first kappa shape index (κ1) is 16.4. The lowest BCUT2D eigenvalue weighted by atomic mass is 10.1. The highest BCUT2D eigenvalue weighted by atomic mass is 16.7. The first-order chi connectivity index (χ1) is 13.1. The highest BCUT2D eigenvalue weighted by molar-refractivity contribution is 5.95. The maximum absolute atomic E-state index is 12.4. The van der Waals surface area contributed by atoms with Crippen LogP contribution in [0, 0.1) is 21.4 Å². The molecule has 1 aromatic carbocycles. The van der Waals surface area contributed by atoms with E-state index >= 15 is 0 Å². The van der Waals surface area contributed by atoms with Gasteiger partial charge in [-0.15, -0.1) is 0 Å². The third kappa shape index (κ3) is 2.79. The zero-order valence-corrected chi connectivity index (χ0v) is 13.7. The molecule has 0 saturated heterocycles. The first-order valence-corrected chi connectivity index (χ1v) is 7.82. The molecule has 0 fully saturated rings. The Balaban J connectivity index is 1.62. The number of nitriles is 1. The summed E-state index contributed by atoms with van der Waals surface area (Å²) in [6.45, 7) is -0.275. The van der Waals surface area contributed by atoms with Gasteiger partial charge in [-0.1, -0.05) is 6.07 Å². The van der Waals surface area contributed by atoms with Crippen LogP contribution in [0.25, 0.3) is 5.52 Å². The lowest BCUT2D eigenvalue weighted by molar-refractivity contribution is -0.385. The number of nitrogens with zero attached hydrogens (tertiary/aromatic N) is 3. The number of pyridine rings is 1. The molecule has 9 nitrogen and oxygen atoms in total. The van der Waals surface area contributed by atoms with E-state index in [9.17, 15) is 20.2 Å². The number of aromatic nitrogens is 1. The highest BCUT2D eigenvalue weighted by Gasteiger charge is 2.28. The highest BCUT2D eigenvalue weighted by Crippen LogP contribution is 2.38. The normalized spacial score (nSPS) is 12.0. The van der Waals surface area contributed by atoms with Gasteiger partial charge in [0.1, 0.15) is 18.2 Å². The van der Waals surface area contributed by atoms with E-state index in [1.165, 1.54) is 6.07 Å². The molecular formula is C18H11N3O6. The number of carbonyl (C=O) groups is 1. The Kier molecular flexibility index (Phi) is 3.86. The number of hydrogen-bond donors (Lipinski definition) is 0. The topological polar surface area (TPSA) is 116 Å². The maximum atomic E-state index is 12.4. The molecule has 0 amide bonds. The van der Waals surface area contributed by atoms with E-state index in [2.05, 4.69) is 6.07 Å². The molecule has 0 aliphatic carbocycles. The number of benzene rings is 1. The number of carbonyl (C=O) groups excluding carboxylic acids is 1. The van der Waals surface area contributed by atoms with Crippen LogP contribution in [0.5, 0.6) is 11.5 Å². The SMILES string of the molecule is N#Cc1c(COC(=O)c2cc3c(cc2[N+](=O)[O-])OCO3)cn2ccccc12. The summed E-state index contributed by atoms with van der Waals surface area (Å²) in [5.74, 6) is -0.456.